The molecule has 134 valence electrons. The van der Waals surface area contributed by atoms with Crippen LogP contribution in [-0.2, 0) is 9.09 Å². The molecule has 1 aliphatic carbocycles. The molecular formula is C16H31N2O4P. The summed E-state index contributed by atoms with van der Waals surface area (Å²) in [5.74, 6) is 0.836. The summed E-state index contributed by atoms with van der Waals surface area (Å²) in [4.78, 5) is 20.5. The molecule has 1 saturated carbocycles. The highest BCUT2D eigenvalue weighted by Gasteiger charge is 2.38. The maximum absolute atomic E-state index is 11.3. The van der Waals surface area contributed by atoms with Gasteiger partial charge in [-0.2, -0.15) is 5.26 Å². The van der Waals surface area contributed by atoms with E-state index in [0.717, 1.165) is 25.7 Å². The summed E-state index contributed by atoms with van der Waals surface area (Å²) in [7, 11) is 1.17. The third-order valence-electron chi connectivity index (χ3n) is 4.75. The summed E-state index contributed by atoms with van der Waals surface area (Å²) in [5, 5.41) is 9.01. The van der Waals surface area contributed by atoms with Crippen LogP contribution in [0.4, 0.5) is 0 Å². The van der Waals surface area contributed by atoms with Crippen LogP contribution in [0.3, 0.4) is 0 Å². The van der Waals surface area contributed by atoms with Crippen molar-refractivity contribution in [1.29, 1.82) is 5.26 Å². The van der Waals surface area contributed by atoms with Crippen molar-refractivity contribution in [3.05, 3.63) is 0 Å². The topological polar surface area (TPSA) is 93.4 Å². The molecule has 0 bridgehead atoms. The van der Waals surface area contributed by atoms with E-state index < -0.39 is 13.9 Å². The van der Waals surface area contributed by atoms with Gasteiger partial charge in [0.25, 0.3) is 7.82 Å². The van der Waals surface area contributed by atoms with Gasteiger partial charge in [-0.05, 0) is 37.5 Å². The lowest BCUT2D eigenvalue weighted by Crippen LogP contribution is -2.47. The van der Waals surface area contributed by atoms with Crippen molar-refractivity contribution in [2.24, 2.45) is 23.7 Å². The van der Waals surface area contributed by atoms with Crippen LogP contribution in [0, 0.1) is 35.0 Å². The summed E-state index contributed by atoms with van der Waals surface area (Å²) in [6.45, 7) is 4.56. The first-order valence-electron chi connectivity index (χ1n) is 8.33. The highest BCUT2D eigenvalue weighted by atomic mass is 31.2. The lowest BCUT2D eigenvalue weighted by atomic mass is 9.70. The molecule has 0 aliphatic heterocycles. The number of likely N-dealkylation sites (N-methyl/N-ethyl adjacent to an activating group) is 1. The Bertz CT molecular complexity index is 466. The van der Waals surface area contributed by atoms with E-state index in [1.807, 2.05) is 28.1 Å². The molecule has 0 aromatic carbocycles. The number of phosphoric acid groups is 1. The van der Waals surface area contributed by atoms with Crippen molar-refractivity contribution < 1.29 is 23.4 Å². The molecule has 0 saturated heterocycles. The predicted molar refractivity (Wildman–Crippen MR) is 87.0 cm³/mol. The molecule has 23 heavy (non-hydrogen) atoms. The summed E-state index contributed by atoms with van der Waals surface area (Å²) in [6.07, 6.45) is 3.22. The van der Waals surface area contributed by atoms with Gasteiger partial charge in [-0.3, -0.25) is 4.57 Å². The smallest absolute Gasteiger partial charge is 0.265 e. The summed E-state index contributed by atoms with van der Waals surface area (Å²) in [6, 6.07) is 2.28. The van der Waals surface area contributed by atoms with Crippen LogP contribution in [0.15, 0.2) is 0 Å². The fraction of sp³-hybridized carbons (Fsp3) is 0.938. The number of quaternary nitrogens is 1. The Morgan fingerprint density at radius 3 is 2.52 bits per heavy atom. The standard InChI is InChI=1S/C16H31N2O4P/c1-12(10-17)8-14-7-6-13(2)15(9-14)16(11-18(3,4)5)22-23(19,20)21/h12-16H,6-9,11H2,1-5H3,(H-,19,20,21). The van der Waals surface area contributed by atoms with Crippen molar-refractivity contribution in [2.75, 3.05) is 27.7 Å². The molecule has 0 aromatic rings. The van der Waals surface area contributed by atoms with Crippen LogP contribution >= 0.6 is 7.82 Å². The lowest BCUT2D eigenvalue weighted by molar-refractivity contribution is -0.873. The van der Waals surface area contributed by atoms with Gasteiger partial charge >= 0.3 is 0 Å². The third-order valence-corrected chi connectivity index (χ3v) is 5.28. The van der Waals surface area contributed by atoms with Crippen molar-refractivity contribution in [1.82, 2.24) is 0 Å². The van der Waals surface area contributed by atoms with Crippen molar-refractivity contribution in [3.63, 3.8) is 0 Å². The van der Waals surface area contributed by atoms with E-state index in [4.69, 9.17) is 9.79 Å². The minimum Gasteiger partial charge on any atom is -0.756 e. The monoisotopic (exact) mass is 346 g/mol. The highest BCUT2D eigenvalue weighted by Crippen LogP contribution is 2.43. The van der Waals surface area contributed by atoms with Crippen molar-refractivity contribution in [2.45, 2.75) is 45.6 Å². The average Bonchev–Trinajstić information content (AvgIpc) is 2.36. The largest absolute Gasteiger partial charge is 0.756 e. The molecular weight excluding hydrogens is 315 g/mol. The third kappa shape index (κ3) is 7.78. The van der Waals surface area contributed by atoms with Gasteiger partial charge in [0.2, 0.25) is 0 Å². The van der Waals surface area contributed by atoms with Gasteiger partial charge in [0.1, 0.15) is 12.6 Å². The molecule has 6 atom stereocenters. The maximum atomic E-state index is 11.3. The zero-order valence-corrected chi connectivity index (χ0v) is 15.8. The first kappa shape index (κ1) is 20.6. The van der Waals surface area contributed by atoms with E-state index in [1.165, 1.54) is 0 Å². The minimum absolute atomic E-state index is 0.00951. The second-order valence-corrected chi connectivity index (χ2v) is 9.32. The van der Waals surface area contributed by atoms with Gasteiger partial charge in [0.15, 0.2) is 0 Å². The molecule has 1 rings (SSSR count). The summed E-state index contributed by atoms with van der Waals surface area (Å²) in [5.41, 5.74) is 0. The number of hydrogen-bond acceptors (Lipinski definition) is 4. The van der Waals surface area contributed by atoms with Gasteiger partial charge < -0.3 is 18.8 Å². The number of hydrogen-bond donors (Lipinski definition) is 1. The van der Waals surface area contributed by atoms with E-state index in [1.54, 1.807) is 0 Å². The minimum atomic E-state index is -4.77. The van der Waals surface area contributed by atoms with Gasteiger partial charge in [-0.1, -0.05) is 19.8 Å². The Kier molecular flexibility index (Phi) is 7.25. The molecule has 0 amide bonds. The molecule has 1 N–H and O–H groups in total. The molecule has 6 nitrogen and oxygen atoms in total. The van der Waals surface area contributed by atoms with E-state index in [0.29, 0.717) is 22.9 Å². The highest BCUT2D eigenvalue weighted by molar-refractivity contribution is 7.44. The second kappa shape index (κ2) is 8.09. The molecule has 0 radical (unpaired) electrons. The summed E-state index contributed by atoms with van der Waals surface area (Å²) < 4.78 is 16.9. The number of nitrogens with zero attached hydrogens (tertiary/aromatic N) is 2. The molecule has 0 heterocycles. The van der Waals surface area contributed by atoms with Gasteiger partial charge in [0.05, 0.1) is 27.2 Å². The van der Waals surface area contributed by atoms with Gasteiger partial charge in [-0.15, -0.1) is 0 Å². The zero-order chi connectivity index (χ0) is 17.8. The first-order chi connectivity index (χ1) is 10.4. The Hall–Kier alpha value is -0.440. The van der Waals surface area contributed by atoms with E-state index in [2.05, 4.69) is 13.0 Å². The Labute approximate surface area is 140 Å². The molecule has 7 heteroatoms. The molecule has 1 fully saturated rings. The van der Waals surface area contributed by atoms with E-state index in [-0.39, 0.29) is 11.8 Å². The normalized spacial score (nSPS) is 31.0. The van der Waals surface area contributed by atoms with E-state index in [9.17, 15) is 14.4 Å². The lowest BCUT2D eigenvalue weighted by Gasteiger charge is -2.42. The van der Waals surface area contributed by atoms with Gasteiger partial charge in [-0.25, -0.2) is 0 Å². The Balaban J connectivity index is 2.88. The summed E-state index contributed by atoms with van der Waals surface area (Å²) >= 11 is 0. The second-order valence-electron chi connectivity index (χ2n) is 8.17. The van der Waals surface area contributed by atoms with Crippen LogP contribution in [0.5, 0.6) is 0 Å². The first-order valence-corrected chi connectivity index (χ1v) is 9.83. The van der Waals surface area contributed by atoms with E-state index >= 15 is 0 Å². The predicted octanol–water partition coefficient (Wildman–Crippen LogP) is 2.14. The van der Waals surface area contributed by atoms with Crippen LogP contribution in [0.2, 0.25) is 0 Å². The van der Waals surface area contributed by atoms with Crippen LogP contribution in [-0.4, -0.2) is 43.2 Å². The molecule has 0 aromatic heterocycles. The fourth-order valence-corrected chi connectivity index (χ4v) is 4.26. The van der Waals surface area contributed by atoms with Crippen LogP contribution < -0.4 is 4.89 Å². The number of rotatable bonds is 7. The molecule has 1 aliphatic rings. The number of phosphoric ester groups is 1. The van der Waals surface area contributed by atoms with Gasteiger partial charge in [0, 0.05) is 5.92 Å². The average molecular weight is 346 g/mol. The Morgan fingerprint density at radius 1 is 1.43 bits per heavy atom. The zero-order valence-electron chi connectivity index (χ0n) is 14.9. The molecule has 0 spiro atoms. The quantitative estimate of drug-likeness (QED) is 0.563. The van der Waals surface area contributed by atoms with Crippen molar-refractivity contribution >= 4 is 7.82 Å². The Morgan fingerprint density at radius 2 is 2.04 bits per heavy atom. The van der Waals surface area contributed by atoms with Crippen LogP contribution in [0.25, 0.3) is 0 Å². The van der Waals surface area contributed by atoms with Crippen molar-refractivity contribution in [3.8, 4) is 6.07 Å². The molecule has 6 unspecified atom stereocenters. The van der Waals surface area contributed by atoms with Crippen LogP contribution in [0.1, 0.15) is 39.5 Å². The number of nitriles is 1. The fourth-order valence-electron chi connectivity index (χ4n) is 3.69. The maximum Gasteiger partial charge on any atom is 0.265 e. The SMILES string of the molecule is CC(C#N)CC1CCC(C)C(C(C[N+](C)(C)C)OP(=O)([O-])O)C1.